The Labute approximate surface area is 136 Å². The molecule has 4 nitrogen and oxygen atoms in total. The van der Waals surface area contributed by atoms with Gasteiger partial charge in [-0.3, -0.25) is 5.43 Å². The predicted molar refractivity (Wildman–Crippen MR) is 94.6 cm³/mol. The molecule has 118 valence electrons. The molecule has 0 saturated carbocycles. The molecule has 4 rings (SSSR count). The molecule has 0 atom stereocenters. The predicted octanol–water partition coefficient (Wildman–Crippen LogP) is 3.54. The lowest BCUT2D eigenvalue weighted by molar-refractivity contribution is 0.461. The van der Waals surface area contributed by atoms with Gasteiger partial charge in [0.05, 0.1) is 11.9 Å². The molecule has 4 heteroatoms. The van der Waals surface area contributed by atoms with Gasteiger partial charge in [0.25, 0.3) is 0 Å². The van der Waals surface area contributed by atoms with Crippen LogP contribution < -0.4 is 10.3 Å². The summed E-state index contributed by atoms with van der Waals surface area (Å²) in [5, 5.41) is 14.9. The number of benzene rings is 2. The Kier molecular flexibility index (Phi) is 3.66. The molecule has 0 amide bonds. The maximum atomic E-state index is 10.6. The average molecular weight is 307 g/mol. The lowest BCUT2D eigenvalue weighted by Gasteiger charge is -2.37. The minimum absolute atomic E-state index is 0.397. The Morgan fingerprint density at radius 2 is 1.87 bits per heavy atom. The number of rotatable bonds is 3. The first-order chi connectivity index (χ1) is 11.3. The van der Waals surface area contributed by atoms with Crippen molar-refractivity contribution >= 4 is 17.6 Å². The summed E-state index contributed by atoms with van der Waals surface area (Å²) in [6.07, 6.45) is 6.08. The largest absolute Gasteiger partial charge is 0.507 e. The number of hydrogen-bond donors (Lipinski definition) is 2. The van der Waals surface area contributed by atoms with Gasteiger partial charge in [-0.1, -0.05) is 18.2 Å². The summed E-state index contributed by atoms with van der Waals surface area (Å²) >= 11 is 0. The van der Waals surface area contributed by atoms with Crippen LogP contribution in [-0.4, -0.2) is 24.4 Å². The number of nitrogens with one attached hydrogen (secondary N) is 1. The van der Waals surface area contributed by atoms with Crippen LogP contribution in [0.1, 0.15) is 29.5 Å². The maximum absolute atomic E-state index is 10.6. The molecule has 0 bridgehead atoms. The lowest BCUT2D eigenvalue weighted by atomic mass is 9.89. The van der Waals surface area contributed by atoms with E-state index in [1.54, 1.807) is 6.21 Å². The highest BCUT2D eigenvalue weighted by atomic mass is 16.3. The molecule has 0 unspecified atom stereocenters. The van der Waals surface area contributed by atoms with Gasteiger partial charge in [0.1, 0.15) is 5.75 Å². The zero-order valence-corrected chi connectivity index (χ0v) is 13.1. The molecule has 0 saturated heterocycles. The molecular formula is C19H21N3O. The zero-order valence-electron chi connectivity index (χ0n) is 13.1. The fraction of sp³-hybridized carbons (Fsp3) is 0.316. The van der Waals surface area contributed by atoms with Crippen molar-refractivity contribution in [2.45, 2.75) is 25.7 Å². The zero-order chi connectivity index (χ0) is 15.6. The van der Waals surface area contributed by atoms with E-state index < -0.39 is 0 Å². The van der Waals surface area contributed by atoms with E-state index in [0.29, 0.717) is 5.75 Å². The second-order valence-electron chi connectivity index (χ2n) is 6.23. The van der Waals surface area contributed by atoms with Crippen molar-refractivity contribution in [3.05, 3.63) is 53.1 Å². The third-order valence-corrected chi connectivity index (χ3v) is 4.70. The van der Waals surface area contributed by atoms with Crippen molar-refractivity contribution in [3.63, 3.8) is 0 Å². The van der Waals surface area contributed by atoms with Gasteiger partial charge in [-0.05, 0) is 49.4 Å². The third-order valence-electron chi connectivity index (χ3n) is 4.70. The van der Waals surface area contributed by atoms with Crippen LogP contribution in [0.4, 0.5) is 11.4 Å². The molecule has 2 heterocycles. The minimum atomic E-state index is 0.397. The van der Waals surface area contributed by atoms with Crippen molar-refractivity contribution in [1.82, 2.24) is 0 Å². The Balaban J connectivity index is 1.64. The van der Waals surface area contributed by atoms with Crippen molar-refractivity contribution in [2.24, 2.45) is 5.10 Å². The molecule has 2 N–H and O–H groups in total. The summed E-state index contributed by atoms with van der Waals surface area (Å²) in [7, 11) is 0. The van der Waals surface area contributed by atoms with E-state index in [9.17, 15) is 5.11 Å². The van der Waals surface area contributed by atoms with Crippen molar-refractivity contribution in [3.8, 4) is 5.75 Å². The van der Waals surface area contributed by atoms with Crippen LogP contribution in [0.25, 0.3) is 0 Å². The smallest absolute Gasteiger partial charge is 0.129 e. The van der Waals surface area contributed by atoms with Gasteiger partial charge in [-0.25, -0.2) is 0 Å². The minimum Gasteiger partial charge on any atom is -0.507 e. The number of nitrogens with zero attached hydrogens (tertiary/aromatic N) is 2. The standard InChI is InChI=1S/C19H21N3O/c23-19-15(13-20-21-16-7-2-1-3-8-16)12-14-6-4-10-22-11-5-9-17(19)18(14)22/h1-3,7-8,12-13,21,23H,4-6,9-11H2/b20-13+. The highest BCUT2D eigenvalue weighted by Gasteiger charge is 2.27. The van der Waals surface area contributed by atoms with Crippen LogP contribution >= 0.6 is 0 Å². The molecular weight excluding hydrogens is 286 g/mol. The molecule has 0 spiro atoms. The van der Waals surface area contributed by atoms with E-state index in [1.807, 2.05) is 30.3 Å². The van der Waals surface area contributed by atoms with Gasteiger partial charge in [-0.2, -0.15) is 5.10 Å². The van der Waals surface area contributed by atoms with E-state index >= 15 is 0 Å². The van der Waals surface area contributed by atoms with Crippen LogP contribution in [0.15, 0.2) is 41.5 Å². The molecule has 2 aromatic rings. The van der Waals surface area contributed by atoms with Gasteiger partial charge < -0.3 is 10.0 Å². The van der Waals surface area contributed by atoms with Crippen molar-refractivity contribution < 1.29 is 5.11 Å². The van der Waals surface area contributed by atoms with E-state index in [0.717, 1.165) is 49.2 Å². The Morgan fingerprint density at radius 1 is 1.09 bits per heavy atom. The summed E-state index contributed by atoms with van der Waals surface area (Å²) < 4.78 is 0. The lowest BCUT2D eigenvalue weighted by Crippen LogP contribution is -2.34. The number of anilines is 2. The van der Waals surface area contributed by atoms with Crippen molar-refractivity contribution in [2.75, 3.05) is 23.4 Å². The average Bonchev–Trinajstić information content (AvgIpc) is 2.60. The topological polar surface area (TPSA) is 47.9 Å². The number of aryl methyl sites for hydroxylation is 1. The van der Waals surface area contributed by atoms with E-state index in [4.69, 9.17) is 0 Å². The Hall–Kier alpha value is -2.49. The van der Waals surface area contributed by atoms with E-state index in [2.05, 4.69) is 21.5 Å². The third kappa shape index (κ3) is 2.65. The fourth-order valence-corrected chi connectivity index (χ4v) is 3.66. The molecule has 23 heavy (non-hydrogen) atoms. The van der Waals surface area contributed by atoms with Gasteiger partial charge in [0, 0.05) is 29.9 Å². The number of hydrazone groups is 1. The molecule has 0 fully saturated rings. The Morgan fingerprint density at radius 3 is 2.70 bits per heavy atom. The van der Waals surface area contributed by atoms with E-state index in [1.165, 1.54) is 17.7 Å². The Bertz CT molecular complexity index is 738. The van der Waals surface area contributed by atoms with Crippen molar-refractivity contribution in [1.29, 1.82) is 0 Å². The quantitative estimate of drug-likeness (QED) is 0.673. The number of phenolic OH excluding ortho intramolecular Hbond substituents is 1. The molecule has 2 aliphatic heterocycles. The SMILES string of the molecule is Oc1c(/C=N/Nc2ccccc2)cc2c3c1CCCN3CCC2. The highest BCUT2D eigenvalue weighted by molar-refractivity contribution is 5.88. The fourth-order valence-electron chi connectivity index (χ4n) is 3.66. The van der Waals surface area contributed by atoms with Crippen LogP contribution in [0, 0.1) is 0 Å². The van der Waals surface area contributed by atoms with Gasteiger partial charge in [-0.15, -0.1) is 0 Å². The summed E-state index contributed by atoms with van der Waals surface area (Å²) in [6, 6.07) is 11.9. The molecule has 0 aromatic heterocycles. The normalized spacial score (nSPS) is 16.4. The molecule has 0 aliphatic carbocycles. The first-order valence-electron chi connectivity index (χ1n) is 8.30. The first-order valence-corrected chi connectivity index (χ1v) is 8.30. The van der Waals surface area contributed by atoms with Crippen LogP contribution in [0.2, 0.25) is 0 Å². The maximum Gasteiger partial charge on any atom is 0.129 e. The first kappa shape index (κ1) is 14.1. The van der Waals surface area contributed by atoms with Gasteiger partial charge >= 0.3 is 0 Å². The van der Waals surface area contributed by atoms with Gasteiger partial charge in [0.2, 0.25) is 0 Å². The van der Waals surface area contributed by atoms with Crippen LogP contribution in [-0.2, 0) is 12.8 Å². The second kappa shape index (κ2) is 5.95. The monoisotopic (exact) mass is 307 g/mol. The summed E-state index contributed by atoms with van der Waals surface area (Å²) in [5.74, 6) is 0.397. The van der Waals surface area contributed by atoms with E-state index in [-0.39, 0.29) is 0 Å². The van der Waals surface area contributed by atoms with Gasteiger partial charge in [0.15, 0.2) is 0 Å². The highest BCUT2D eigenvalue weighted by Crippen LogP contribution is 2.41. The van der Waals surface area contributed by atoms with Crippen LogP contribution in [0.5, 0.6) is 5.75 Å². The van der Waals surface area contributed by atoms with Crippen LogP contribution in [0.3, 0.4) is 0 Å². The second-order valence-corrected chi connectivity index (χ2v) is 6.23. The number of aromatic hydroxyl groups is 1. The molecule has 2 aromatic carbocycles. The summed E-state index contributed by atoms with van der Waals surface area (Å²) in [4.78, 5) is 2.43. The number of para-hydroxylation sites is 1. The molecule has 0 radical (unpaired) electrons. The number of hydrogen-bond acceptors (Lipinski definition) is 4. The number of phenols is 1. The summed E-state index contributed by atoms with van der Waals surface area (Å²) in [6.45, 7) is 2.23. The summed E-state index contributed by atoms with van der Waals surface area (Å²) in [5.41, 5.74) is 8.50. The molecule has 2 aliphatic rings.